The van der Waals surface area contributed by atoms with Crippen LogP contribution in [0.4, 0.5) is 0 Å². The molecule has 0 saturated carbocycles. The van der Waals surface area contributed by atoms with Gasteiger partial charge in [0, 0.05) is 25.3 Å². The summed E-state index contributed by atoms with van der Waals surface area (Å²) >= 11 is 0. The van der Waals surface area contributed by atoms with Gasteiger partial charge in [0.15, 0.2) is 0 Å². The molecule has 1 saturated heterocycles. The molecule has 1 aliphatic heterocycles. The summed E-state index contributed by atoms with van der Waals surface area (Å²) < 4.78 is 0. The minimum Gasteiger partial charge on any atom is -0.313 e. The van der Waals surface area contributed by atoms with Gasteiger partial charge in [-0.2, -0.15) is 0 Å². The van der Waals surface area contributed by atoms with Crippen molar-refractivity contribution in [3.63, 3.8) is 0 Å². The topological polar surface area (TPSA) is 28.2 Å². The molecule has 3 nitrogen and oxygen atoms in total. The summed E-state index contributed by atoms with van der Waals surface area (Å²) in [5, 5.41) is 3.64. The molecule has 1 unspecified atom stereocenters. The van der Waals surface area contributed by atoms with Crippen LogP contribution in [0.2, 0.25) is 0 Å². The van der Waals surface area contributed by atoms with Crippen molar-refractivity contribution in [1.82, 2.24) is 15.2 Å². The third-order valence-electron chi connectivity index (χ3n) is 3.68. The maximum Gasteiger partial charge on any atom is 0.0573 e. The molecule has 1 atom stereocenters. The molecule has 3 heteroatoms. The van der Waals surface area contributed by atoms with Crippen molar-refractivity contribution in [3.8, 4) is 0 Å². The van der Waals surface area contributed by atoms with Gasteiger partial charge in [0.05, 0.1) is 5.69 Å². The molecule has 1 aliphatic rings. The van der Waals surface area contributed by atoms with Crippen molar-refractivity contribution in [1.29, 1.82) is 0 Å². The summed E-state index contributed by atoms with van der Waals surface area (Å²) in [6.45, 7) is 8.89. The molecule has 0 aromatic carbocycles. The van der Waals surface area contributed by atoms with Gasteiger partial charge in [0.1, 0.15) is 0 Å². The van der Waals surface area contributed by atoms with Crippen molar-refractivity contribution in [3.05, 3.63) is 29.6 Å². The number of nitrogens with one attached hydrogen (secondary N) is 1. The second kappa shape index (κ2) is 6.86. The van der Waals surface area contributed by atoms with Crippen molar-refractivity contribution >= 4 is 0 Å². The Kier molecular flexibility index (Phi) is 5.14. The van der Waals surface area contributed by atoms with Crippen LogP contribution in [0.15, 0.2) is 18.3 Å². The summed E-state index contributed by atoms with van der Waals surface area (Å²) in [6.07, 6.45) is 5.74. The van der Waals surface area contributed by atoms with Crippen LogP contribution in [0.1, 0.15) is 37.4 Å². The number of piperidine rings is 1. The van der Waals surface area contributed by atoms with E-state index in [-0.39, 0.29) is 0 Å². The minimum absolute atomic E-state index is 0.669. The van der Waals surface area contributed by atoms with Crippen LogP contribution in [0, 0.1) is 6.92 Å². The Bertz CT molecular complexity index is 365. The third-order valence-corrected chi connectivity index (χ3v) is 3.68. The van der Waals surface area contributed by atoms with E-state index < -0.39 is 0 Å². The first-order chi connectivity index (χ1) is 8.79. The van der Waals surface area contributed by atoms with E-state index in [0.717, 1.165) is 19.6 Å². The van der Waals surface area contributed by atoms with Crippen molar-refractivity contribution < 1.29 is 0 Å². The highest BCUT2D eigenvalue weighted by atomic mass is 15.2. The fourth-order valence-corrected chi connectivity index (χ4v) is 2.61. The van der Waals surface area contributed by atoms with E-state index in [1.165, 1.54) is 37.1 Å². The Morgan fingerprint density at radius 3 is 3.17 bits per heavy atom. The van der Waals surface area contributed by atoms with Gasteiger partial charge in [-0.1, -0.05) is 13.0 Å². The fourth-order valence-electron chi connectivity index (χ4n) is 2.61. The fraction of sp³-hybridized carbons (Fsp3) is 0.667. The van der Waals surface area contributed by atoms with E-state index in [0.29, 0.717) is 6.04 Å². The summed E-state index contributed by atoms with van der Waals surface area (Å²) in [7, 11) is 0. The zero-order valence-electron chi connectivity index (χ0n) is 11.7. The van der Waals surface area contributed by atoms with E-state index in [1.54, 1.807) is 0 Å². The summed E-state index contributed by atoms with van der Waals surface area (Å²) in [4.78, 5) is 7.03. The first kappa shape index (κ1) is 13.5. The number of pyridine rings is 1. The molecular formula is C15H25N3. The van der Waals surface area contributed by atoms with Gasteiger partial charge in [-0.3, -0.25) is 9.88 Å². The average molecular weight is 247 g/mol. The lowest BCUT2D eigenvalue weighted by atomic mass is 10.0. The Morgan fingerprint density at radius 1 is 1.50 bits per heavy atom. The number of aryl methyl sites for hydroxylation is 1. The normalized spacial score (nSPS) is 21.1. The van der Waals surface area contributed by atoms with Gasteiger partial charge in [-0.25, -0.2) is 0 Å². The third kappa shape index (κ3) is 3.79. The molecule has 0 bridgehead atoms. The average Bonchev–Trinajstić information content (AvgIpc) is 2.40. The molecule has 2 rings (SSSR count). The summed E-state index contributed by atoms with van der Waals surface area (Å²) in [6, 6.07) is 4.84. The monoisotopic (exact) mass is 247 g/mol. The molecule has 100 valence electrons. The standard InChI is InChI=1S/C15H25N3/c1-3-8-16-14-7-5-10-18(11-14)12-15-13(2)6-4-9-17-15/h4,6,9,14,16H,3,5,7-8,10-12H2,1-2H3. The second-order valence-corrected chi connectivity index (χ2v) is 5.30. The first-order valence-corrected chi connectivity index (χ1v) is 7.16. The van der Waals surface area contributed by atoms with Gasteiger partial charge < -0.3 is 5.32 Å². The van der Waals surface area contributed by atoms with Crippen molar-refractivity contribution in [2.75, 3.05) is 19.6 Å². The number of rotatable bonds is 5. The second-order valence-electron chi connectivity index (χ2n) is 5.30. The van der Waals surface area contributed by atoms with Gasteiger partial charge in [0.2, 0.25) is 0 Å². The van der Waals surface area contributed by atoms with Crippen molar-refractivity contribution in [2.45, 2.75) is 45.7 Å². The predicted octanol–water partition coefficient (Wildman–Crippen LogP) is 2.35. The lowest BCUT2D eigenvalue weighted by molar-refractivity contribution is 0.181. The molecule has 2 heterocycles. The number of aromatic nitrogens is 1. The maximum atomic E-state index is 4.50. The van der Waals surface area contributed by atoms with Crippen LogP contribution >= 0.6 is 0 Å². The highest BCUT2D eigenvalue weighted by molar-refractivity contribution is 5.17. The van der Waals surface area contributed by atoms with Crippen LogP contribution < -0.4 is 5.32 Å². The Labute approximate surface area is 111 Å². The molecule has 0 radical (unpaired) electrons. The van der Waals surface area contributed by atoms with Crippen LogP contribution in [-0.2, 0) is 6.54 Å². The van der Waals surface area contributed by atoms with E-state index >= 15 is 0 Å². The van der Waals surface area contributed by atoms with E-state index in [2.05, 4.69) is 35.1 Å². The molecular weight excluding hydrogens is 222 g/mol. The Morgan fingerprint density at radius 2 is 2.39 bits per heavy atom. The molecule has 18 heavy (non-hydrogen) atoms. The van der Waals surface area contributed by atoms with Crippen LogP contribution in [0.3, 0.4) is 0 Å². The smallest absolute Gasteiger partial charge is 0.0573 e. The summed E-state index contributed by atoms with van der Waals surface area (Å²) in [5.41, 5.74) is 2.54. The largest absolute Gasteiger partial charge is 0.313 e. The predicted molar refractivity (Wildman–Crippen MR) is 75.6 cm³/mol. The van der Waals surface area contributed by atoms with Gasteiger partial charge in [-0.15, -0.1) is 0 Å². The van der Waals surface area contributed by atoms with Gasteiger partial charge in [0.25, 0.3) is 0 Å². The SMILES string of the molecule is CCCNC1CCCN(Cc2ncccc2C)C1. The number of nitrogens with zero attached hydrogens (tertiary/aromatic N) is 2. The van der Waals surface area contributed by atoms with Gasteiger partial charge in [-0.05, 0) is 50.9 Å². The molecule has 1 aromatic heterocycles. The van der Waals surface area contributed by atoms with Crippen LogP contribution in [-0.4, -0.2) is 35.6 Å². The van der Waals surface area contributed by atoms with Crippen LogP contribution in [0.25, 0.3) is 0 Å². The highest BCUT2D eigenvalue weighted by Crippen LogP contribution is 2.14. The van der Waals surface area contributed by atoms with E-state index in [9.17, 15) is 0 Å². The summed E-state index contributed by atoms with van der Waals surface area (Å²) in [5.74, 6) is 0. The zero-order valence-corrected chi connectivity index (χ0v) is 11.7. The maximum absolute atomic E-state index is 4.50. The molecule has 0 amide bonds. The molecule has 1 N–H and O–H groups in total. The number of hydrogen-bond acceptors (Lipinski definition) is 3. The number of likely N-dealkylation sites (tertiary alicyclic amines) is 1. The zero-order chi connectivity index (χ0) is 12.8. The molecule has 0 spiro atoms. The molecule has 0 aliphatic carbocycles. The Balaban J connectivity index is 1.87. The Hall–Kier alpha value is -0.930. The van der Waals surface area contributed by atoms with E-state index in [4.69, 9.17) is 0 Å². The first-order valence-electron chi connectivity index (χ1n) is 7.16. The molecule has 1 fully saturated rings. The quantitative estimate of drug-likeness (QED) is 0.865. The van der Waals surface area contributed by atoms with Crippen molar-refractivity contribution in [2.24, 2.45) is 0 Å². The molecule has 1 aromatic rings. The van der Waals surface area contributed by atoms with E-state index in [1.807, 2.05) is 12.3 Å². The lowest BCUT2D eigenvalue weighted by Gasteiger charge is -2.33. The van der Waals surface area contributed by atoms with Gasteiger partial charge >= 0.3 is 0 Å². The minimum atomic E-state index is 0.669. The highest BCUT2D eigenvalue weighted by Gasteiger charge is 2.19. The number of hydrogen-bond donors (Lipinski definition) is 1. The van der Waals surface area contributed by atoms with Crippen LogP contribution in [0.5, 0.6) is 0 Å². The lowest BCUT2D eigenvalue weighted by Crippen LogP contribution is -2.45.